The minimum atomic E-state index is -2.81. The summed E-state index contributed by atoms with van der Waals surface area (Å²) in [5, 5.41) is 11.4. The normalized spacial score (nSPS) is 10.7. The maximum atomic E-state index is 12.9. The number of nitro groups is 1. The van der Waals surface area contributed by atoms with E-state index in [-0.39, 0.29) is 36.0 Å². The van der Waals surface area contributed by atoms with Crippen LogP contribution in [0.25, 0.3) is 0 Å². The highest BCUT2D eigenvalue weighted by molar-refractivity contribution is 5.98. The fourth-order valence-electron chi connectivity index (χ4n) is 2.43. The average Bonchev–Trinajstić information content (AvgIpc) is 3.09. The Labute approximate surface area is 153 Å². The van der Waals surface area contributed by atoms with E-state index in [9.17, 15) is 23.7 Å². The average molecular weight is 384 g/mol. The molecule has 2 rings (SSSR count). The van der Waals surface area contributed by atoms with Crippen molar-refractivity contribution in [3.63, 3.8) is 0 Å². The zero-order chi connectivity index (χ0) is 20.1. The number of halogens is 2. The Morgan fingerprint density at radius 1 is 1.41 bits per heavy atom. The Morgan fingerprint density at radius 2 is 2.11 bits per heavy atom. The predicted molar refractivity (Wildman–Crippen MR) is 90.1 cm³/mol. The summed E-state index contributed by atoms with van der Waals surface area (Å²) in [6, 6.07) is 2.30. The molecule has 0 saturated heterocycles. The highest BCUT2D eigenvalue weighted by atomic mass is 19.3. The van der Waals surface area contributed by atoms with Crippen LogP contribution in [0, 0.1) is 10.1 Å². The van der Waals surface area contributed by atoms with Gasteiger partial charge in [-0.25, -0.2) is 4.98 Å². The van der Waals surface area contributed by atoms with E-state index in [0.29, 0.717) is 4.57 Å². The molecule has 11 heteroatoms. The molecule has 0 fully saturated rings. The van der Waals surface area contributed by atoms with E-state index in [4.69, 9.17) is 9.47 Å². The van der Waals surface area contributed by atoms with Gasteiger partial charge in [0.1, 0.15) is 11.4 Å². The minimum absolute atomic E-state index is 0.0537. The zero-order valence-corrected chi connectivity index (χ0v) is 14.9. The maximum Gasteiger partial charge on any atom is 0.319 e. The number of methoxy groups -OCH3 is 1. The Kier molecular flexibility index (Phi) is 6.27. The van der Waals surface area contributed by atoms with Crippen LogP contribution in [0.15, 0.2) is 24.5 Å². The number of hydrogen-bond donors (Lipinski definition) is 0. The maximum absolute atomic E-state index is 12.9. The topological polar surface area (TPSA) is 99.7 Å². The van der Waals surface area contributed by atoms with Crippen molar-refractivity contribution >= 4 is 11.6 Å². The summed E-state index contributed by atoms with van der Waals surface area (Å²) >= 11 is 0. The van der Waals surface area contributed by atoms with Crippen molar-refractivity contribution in [2.24, 2.45) is 0 Å². The Balaban J connectivity index is 2.39. The number of benzene rings is 1. The van der Waals surface area contributed by atoms with Crippen LogP contribution in [-0.2, 0) is 6.54 Å². The number of carbonyl (C=O) groups excluding carboxylic acids is 1. The smallest absolute Gasteiger partial charge is 0.319 e. The van der Waals surface area contributed by atoms with Crippen molar-refractivity contribution in [3.05, 3.63) is 46.0 Å². The monoisotopic (exact) mass is 384 g/mol. The summed E-state index contributed by atoms with van der Waals surface area (Å²) in [5.41, 5.74) is -0.730. The second kappa shape index (κ2) is 8.43. The number of aromatic nitrogens is 2. The number of nitro benzene ring substituents is 1. The van der Waals surface area contributed by atoms with Crippen molar-refractivity contribution in [1.82, 2.24) is 14.5 Å². The number of alkyl halides is 2. The van der Waals surface area contributed by atoms with Crippen LogP contribution in [0.3, 0.4) is 0 Å². The van der Waals surface area contributed by atoms with Crippen LogP contribution in [0.5, 0.6) is 11.5 Å². The van der Waals surface area contributed by atoms with Crippen LogP contribution in [0.1, 0.15) is 29.7 Å². The van der Waals surface area contributed by atoms with Gasteiger partial charge in [0.2, 0.25) is 0 Å². The van der Waals surface area contributed by atoms with Gasteiger partial charge in [-0.3, -0.25) is 19.5 Å². The van der Waals surface area contributed by atoms with Gasteiger partial charge in [-0.05, 0) is 6.92 Å². The van der Waals surface area contributed by atoms with E-state index in [1.54, 1.807) is 6.92 Å². The molecule has 1 aromatic carbocycles. The number of ether oxygens (including phenoxy) is 2. The van der Waals surface area contributed by atoms with Crippen molar-refractivity contribution in [2.75, 3.05) is 20.8 Å². The highest BCUT2D eigenvalue weighted by Gasteiger charge is 2.27. The molecule has 1 heterocycles. The number of hydrogen-bond acceptors (Lipinski definition) is 6. The fourth-order valence-corrected chi connectivity index (χ4v) is 2.43. The standard InChI is InChI=1S/C16H18F2N4O5/c1-4-27-13-7-10(11(22(24)25)8-12(13)26-3)15(23)20(2)9-14-19-5-6-21(14)16(17)18/h5-8,16H,4,9H2,1-3H3. The van der Waals surface area contributed by atoms with E-state index in [1.807, 2.05) is 0 Å². The van der Waals surface area contributed by atoms with E-state index in [1.165, 1.54) is 26.4 Å². The molecule has 2 aromatic rings. The Hall–Kier alpha value is -3.24. The first-order valence-electron chi connectivity index (χ1n) is 7.84. The number of rotatable bonds is 8. The van der Waals surface area contributed by atoms with Crippen LogP contribution in [0.2, 0.25) is 0 Å². The number of nitrogens with zero attached hydrogens (tertiary/aromatic N) is 4. The van der Waals surface area contributed by atoms with Crippen molar-refractivity contribution in [2.45, 2.75) is 20.0 Å². The Bertz CT molecular complexity index is 840. The molecule has 0 bridgehead atoms. The number of amides is 1. The first-order valence-corrected chi connectivity index (χ1v) is 7.84. The molecule has 9 nitrogen and oxygen atoms in total. The van der Waals surface area contributed by atoms with Crippen LogP contribution >= 0.6 is 0 Å². The molecular weight excluding hydrogens is 366 g/mol. The lowest BCUT2D eigenvalue weighted by molar-refractivity contribution is -0.385. The zero-order valence-electron chi connectivity index (χ0n) is 14.9. The van der Waals surface area contributed by atoms with Gasteiger partial charge in [-0.2, -0.15) is 8.78 Å². The van der Waals surface area contributed by atoms with E-state index < -0.39 is 23.1 Å². The van der Waals surface area contributed by atoms with Crippen molar-refractivity contribution in [3.8, 4) is 11.5 Å². The molecule has 0 N–H and O–H groups in total. The summed E-state index contributed by atoms with van der Waals surface area (Å²) in [5.74, 6) is -0.524. The molecule has 0 aliphatic rings. The van der Waals surface area contributed by atoms with Crippen LogP contribution in [0.4, 0.5) is 14.5 Å². The minimum Gasteiger partial charge on any atom is -0.493 e. The summed E-state index contributed by atoms with van der Waals surface area (Å²) in [7, 11) is 2.65. The molecule has 146 valence electrons. The van der Waals surface area contributed by atoms with E-state index in [0.717, 1.165) is 17.2 Å². The van der Waals surface area contributed by atoms with Crippen molar-refractivity contribution < 1.29 is 28.0 Å². The third-order valence-electron chi connectivity index (χ3n) is 3.69. The molecule has 0 aliphatic carbocycles. The lowest BCUT2D eigenvalue weighted by Gasteiger charge is -2.19. The van der Waals surface area contributed by atoms with Gasteiger partial charge in [0, 0.05) is 25.5 Å². The van der Waals surface area contributed by atoms with Gasteiger partial charge in [-0.1, -0.05) is 0 Å². The van der Waals surface area contributed by atoms with Gasteiger partial charge in [0.25, 0.3) is 11.6 Å². The molecule has 0 unspecified atom stereocenters. The van der Waals surface area contributed by atoms with E-state index >= 15 is 0 Å². The molecule has 27 heavy (non-hydrogen) atoms. The van der Waals surface area contributed by atoms with Gasteiger partial charge in [-0.15, -0.1) is 0 Å². The third kappa shape index (κ3) is 4.30. The second-order valence-electron chi connectivity index (χ2n) is 5.40. The molecule has 0 aliphatic heterocycles. The molecule has 0 spiro atoms. The van der Waals surface area contributed by atoms with Crippen molar-refractivity contribution in [1.29, 1.82) is 0 Å². The second-order valence-corrected chi connectivity index (χ2v) is 5.40. The lowest BCUT2D eigenvalue weighted by atomic mass is 10.1. The van der Waals surface area contributed by atoms with Crippen LogP contribution in [-0.4, -0.2) is 46.0 Å². The quantitative estimate of drug-likeness (QED) is 0.513. The van der Waals surface area contributed by atoms with Gasteiger partial charge < -0.3 is 14.4 Å². The first-order chi connectivity index (χ1) is 12.8. The SMILES string of the molecule is CCOc1cc(C(=O)N(C)Cc2nccn2C(F)F)c([N+](=O)[O-])cc1OC. The summed E-state index contributed by atoms with van der Waals surface area (Å²) in [6.07, 6.45) is 2.27. The molecule has 0 radical (unpaired) electrons. The molecule has 1 amide bonds. The van der Waals surface area contributed by atoms with Gasteiger partial charge in [0.15, 0.2) is 11.5 Å². The predicted octanol–water partition coefficient (Wildman–Crippen LogP) is 2.87. The Morgan fingerprint density at radius 3 is 2.67 bits per heavy atom. The third-order valence-corrected chi connectivity index (χ3v) is 3.69. The number of carbonyl (C=O) groups is 1. The summed E-state index contributed by atoms with van der Waals surface area (Å²) in [6.45, 7) is -1.11. The molecule has 1 aromatic heterocycles. The summed E-state index contributed by atoms with van der Waals surface area (Å²) in [4.78, 5) is 28.2. The van der Waals surface area contributed by atoms with Gasteiger partial charge in [0.05, 0.1) is 31.3 Å². The lowest BCUT2D eigenvalue weighted by Crippen LogP contribution is -2.28. The number of imidazole rings is 1. The van der Waals surface area contributed by atoms with Crippen LogP contribution < -0.4 is 9.47 Å². The van der Waals surface area contributed by atoms with Gasteiger partial charge >= 0.3 is 6.55 Å². The molecule has 0 saturated carbocycles. The van der Waals surface area contributed by atoms with E-state index in [2.05, 4.69) is 4.98 Å². The molecular formula is C16H18F2N4O5. The summed E-state index contributed by atoms with van der Waals surface area (Å²) < 4.78 is 36.9. The highest BCUT2D eigenvalue weighted by Crippen LogP contribution is 2.35. The fraction of sp³-hybridized carbons (Fsp3) is 0.375. The molecule has 0 atom stereocenters. The largest absolute Gasteiger partial charge is 0.493 e. The first kappa shape index (κ1) is 20.1.